The number of aliphatic hydroxyl groups is 1. The van der Waals surface area contributed by atoms with Gasteiger partial charge in [-0.2, -0.15) is 5.10 Å². The Morgan fingerprint density at radius 1 is 0.895 bits per heavy atom. The fourth-order valence-corrected chi connectivity index (χ4v) is 6.28. The number of H-pyrrole nitrogens is 1. The molecule has 2 N–H and O–H groups in total. The van der Waals surface area contributed by atoms with Crippen LogP contribution in [0.5, 0.6) is 5.75 Å². The van der Waals surface area contributed by atoms with E-state index in [2.05, 4.69) is 10.2 Å². The van der Waals surface area contributed by atoms with Crippen molar-refractivity contribution in [3.05, 3.63) is 126 Å². The number of nitrogens with one attached hydrogen (secondary N) is 1. The van der Waals surface area contributed by atoms with Crippen LogP contribution < -0.4 is 4.74 Å². The molecule has 7 nitrogen and oxygen atoms in total. The van der Waals surface area contributed by atoms with Crippen LogP contribution in [0.4, 0.5) is 0 Å². The van der Waals surface area contributed by atoms with Gasteiger partial charge < -0.3 is 9.84 Å². The van der Waals surface area contributed by atoms with E-state index in [1.54, 1.807) is 54.6 Å². The highest BCUT2D eigenvalue weighted by molar-refractivity contribution is 7.90. The average molecular weight is 524 g/mol. The van der Waals surface area contributed by atoms with Crippen molar-refractivity contribution in [3.8, 4) is 5.75 Å². The van der Waals surface area contributed by atoms with Gasteiger partial charge >= 0.3 is 0 Å². The summed E-state index contributed by atoms with van der Waals surface area (Å²) < 4.78 is 35.3. The summed E-state index contributed by atoms with van der Waals surface area (Å²) in [6, 6.07) is 30.4. The van der Waals surface area contributed by atoms with Crippen molar-refractivity contribution < 1.29 is 18.3 Å². The van der Waals surface area contributed by atoms with E-state index in [0.717, 1.165) is 22.2 Å². The number of nitrogens with zero attached hydrogens (tertiary/aromatic N) is 2. The Morgan fingerprint density at radius 3 is 2.39 bits per heavy atom. The van der Waals surface area contributed by atoms with Crippen molar-refractivity contribution >= 4 is 31.8 Å². The summed E-state index contributed by atoms with van der Waals surface area (Å²) in [6.45, 7) is 2.20. The van der Waals surface area contributed by atoms with Crippen molar-refractivity contribution in [2.75, 3.05) is 0 Å². The lowest BCUT2D eigenvalue weighted by Gasteiger charge is -2.17. The molecule has 8 heteroatoms. The van der Waals surface area contributed by atoms with Crippen LogP contribution >= 0.6 is 0 Å². The first-order valence-electron chi connectivity index (χ1n) is 12.2. The minimum absolute atomic E-state index is 0.127. The van der Waals surface area contributed by atoms with Gasteiger partial charge in [0.05, 0.1) is 27.3 Å². The maximum Gasteiger partial charge on any atom is 0.268 e. The molecule has 6 rings (SSSR count). The lowest BCUT2D eigenvalue weighted by molar-refractivity contribution is 0.215. The number of hydrogen-bond acceptors (Lipinski definition) is 5. The number of aryl methyl sites for hydroxylation is 1. The molecule has 4 aromatic carbocycles. The van der Waals surface area contributed by atoms with Gasteiger partial charge in [0, 0.05) is 10.8 Å². The first-order valence-corrected chi connectivity index (χ1v) is 13.6. The van der Waals surface area contributed by atoms with Gasteiger partial charge in [-0.25, -0.2) is 12.4 Å². The molecule has 0 saturated heterocycles. The first-order chi connectivity index (χ1) is 18.4. The quantitative estimate of drug-likeness (QED) is 0.279. The largest absolute Gasteiger partial charge is 0.488 e. The van der Waals surface area contributed by atoms with E-state index in [-0.39, 0.29) is 10.6 Å². The van der Waals surface area contributed by atoms with E-state index >= 15 is 0 Å². The zero-order valence-corrected chi connectivity index (χ0v) is 21.4. The van der Waals surface area contributed by atoms with E-state index in [4.69, 9.17) is 4.74 Å². The predicted molar refractivity (Wildman–Crippen MR) is 147 cm³/mol. The van der Waals surface area contributed by atoms with Crippen LogP contribution in [0.3, 0.4) is 0 Å². The van der Waals surface area contributed by atoms with Crippen LogP contribution in [-0.4, -0.2) is 27.7 Å². The van der Waals surface area contributed by atoms with Crippen molar-refractivity contribution in [2.24, 2.45) is 0 Å². The Hall–Kier alpha value is -4.40. The number of fused-ring (bicyclic) bond motifs is 2. The van der Waals surface area contributed by atoms with Gasteiger partial charge in [0.25, 0.3) is 10.0 Å². The number of aromatic nitrogens is 3. The third kappa shape index (κ3) is 4.13. The van der Waals surface area contributed by atoms with E-state index in [1.807, 2.05) is 55.5 Å². The second-order valence-electron chi connectivity index (χ2n) is 9.13. The van der Waals surface area contributed by atoms with Gasteiger partial charge in [-0.05, 0) is 60.5 Å². The summed E-state index contributed by atoms with van der Waals surface area (Å²) in [5, 5.41) is 20.3. The van der Waals surface area contributed by atoms with E-state index in [0.29, 0.717) is 28.8 Å². The maximum atomic E-state index is 14.0. The number of hydrogen-bond donors (Lipinski definition) is 2. The van der Waals surface area contributed by atoms with Crippen LogP contribution in [0.25, 0.3) is 21.8 Å². The first kappa shape index (κ1) is 24.0. The van der Waals surface area contributed by atoms with Gasteiger partial charge in [-0.1, -0.05) is 60.7 Å². The van der Waals surface area contributed by atoms with Gasteiger partial charge in [0.15, 0.2) is 0 Å². The van der Waals surface area contributed by atoms with Crippen LogP contribution in [0, 0.1) is 6.92 Å². The molecule has 1 unspecified atom stereocenters. The number of aliphatic hydroxyl groups excluding tert-OH is 1. The summed E-state index contributed by atoms with van der Waals surface area (Å²) >= 11 is 0. The number of aromatic amines is 1. The van der Waals surface area contributed by atoms with Crippen molar-refractivity contribution in [2.45, 2.75) is 24.5 Å². The van der Waals surface area contributed by atoms with E-state index < -0.39 is 16.1 Å². The lowest BCUT2D eigenvalue weighted by Crippen LogP contribution is -2.18. The SMILES string of the molecule is Cc1n[nH]c2ccc(C(O)c3cc4c(OCc5ccccc5)cccc4n3S(=O)(=O)c3ccccc3)cc12. The fraction of sp³-hybridized carbons (Fsp3) is 0.100. The highest BCUT2D eigenvalue weighted by Gasteiger charge is 2.28. The molecule has 0 fully saturated rings. The standard InChI is InChI=1S/C30H25N3O4S/c1-20-24-17-22(15-16-26(24)32-31-20)30(34)28-18-25-27(33(28)38(35,36)23-11-6-3-7-12-23)13-8-14-29(25)37-19-21-9-4-2-5-10-21/h2-18,30,34H,19H2,1H3,(H,31,32). The Morgan fingerprint density at radius 2 is 1.63 bits per heavy atom. The number of rotatable bonds is 7. The monoisotopic (exact) mass is 523 g/mol. The number of benzene rings is 4. The van der Waals surface area contributed by atoms with Gasteiger partial charge in [-0.15, -0.1) is 0 Å². The summed E-state index contributed by atoms with van der Waals surface area (Å²) in [4.78, 5) is 0.127. The van der Waals surface area contributed by atoms with Crippen molar-refractivity contribution in [3.63, 3.8) is 0 Å². The third-order valence-electron chi connectivity index (χ3n) is 6.68. The summed E-state index contributed by atoms with van der Waals surface area (Å²) in [5.74, 6) is 0.531. The van der Waals surface area contributed by atoms with Crippen molar-refractivity contribution in [1.82, 2.24) is 14.2 Å². The van der Waals surface area contributed by atoms with E-state index in [1.165, 1.54) is 3.97 Å². The fourth-order valence-electron chi connectivity index (χ4n) is 4.72. The highest BCUT2D eigenvalue weighted by atomic mass is 32.2. The minimum atomic E-state index is -4.05. The summed E-state index contributed by atoms with van der Waals surface area (Å²) in [7, 11) is -4.05. The maximum absolute atomic E-state index is 14.0. The van der Waals surface area contributed by atoms with Crippen LogP contribution in [-0.2, 0) is 16.6 Å². The Labute approximate surface area is 220 Å². The second-order valence-corrected chi connectivity index (χ2v) is 10.9. The zero-order valence-electron chi connectivity index (χ0n) is 20.6. The van der Waals surface area contributed by atoms with Crippen LogP contribution in [0.1, 0.15) is 28.6 Å². The molecule has 0 aliphatic rings. The topological polar surface area (TPSA) is 97.2 Å². The molecule has 0 radical (unpaired) electrons. The molecule has 2 heterocycles. The molecule has 0 aliphatic heterocycles. The molecule has 0 bridgehead atoms. The van der Waals surface area contributed by atoms with Crippen LogP contribution in [0.2, 0.25) is 0 Å². The zero-order chi connectivity index (χ0) is 26.3. The van der Waals surface area contributed by atoms with Gasteiger partial charge in [0.1, 0.15) is 18.5 Å². The van der Waals surface area contributed by atoms with E-state index in [9.17, 15) is 13.5 Å². The molecule has 190 valence electrons. The second kappa shape index (κ2) is 9.48. The predicted octanol–water partition coefficient (Wildman–Crippen LogP) is 5.72. The molecular formula is C30H25N3O4S. The molecule has 0 aliphatic carbocycles. The molecule has 0 amide bonds. The minimum Gasteiger partial charge on any atom is -0.488 e. The molecular weight excluding hydrogens is 498 g/mol. The Kier molecular flexibility index (Phi) is 5.98. The number of ether oxygens (including phenoxy) is 1. The summed E-state index contributed by atoms with van der Waals surface area (Å²) in [5.41, 5.74) is 3.83. The van der Waals surface area contributed by atoms with Gasteiger partial charge in [-0.3, -0.25) is 5.10 Å². The molecule has 1 atom stereocenters. The molecule has 38 heavy (non-hydrogen) atoms. The molecule has 0 spiro atoms. The molecule has 0 saturated carbocycles. The Bertz CT molecular complexity index is 1860. The molecule has 6 aromatic rings. The van der Waals surface area contributed by atoms with Crippen molar-refractivity contribution in [1.29, 1.82) is 0 Å². The normalized spacial score (nSPS) is 12.7. The summed E-state index contributed by atoms with van der Waals surface area (Å²) in [6.07, 6.45) is -1.22. The van der Waals surface area contributed by atoms with Gasteiger partial charge in [0.2, 0.25) is 0 Å². The average Bonchev–Trinajstić information content (AvgIpc) is 3.54. The molecule has 2 aromatic heterocycles. The Balaban J connectivity index is 1.53. The smallest absolute Gasteiger partial charge is 0.268 e. The highest BCUT2D eigenvalue weighted by Crippen LogP contribution is 2.37. The van der Waals surface area contributed by atoms with Crippen LogP contribution in [0.15, 0.2) is 108 Å². The lowest BCUT2D eigenvalue weighted by atomic mass is 10.0. The third-order valence-corrected chi connectivity index (χ3v) is 8.44.